The number of carbonyl (C=O) groups is 2. The first-order valence-corrected chi connectivity index (χ1v) is 9.58. The molecule has 3 aromatic rings. The number of hydrogen-bond acceptors (Lipinski definition) is 5. The summed E-state index contributed by atoms with van der Waals surface area (Å²) in [6, 6.07) is 11.3. The number of rotatable bonds is 4. The lowest BCUT2D eigenvalue weighted by Gasteiger charge is -2.20. The van der Waals surface area contributed by atoms with E-state index in [9.17, 15) is 9.59 Å². The molecule has 2 aromatic heterocycles. The van der Waals surface area contributed by atoms with E-state index >= 15 is 0 Å². The summed E-state index contributed by atoms with van der Waals surface area (Å²) in [4.78, 5) is 32.7. The van der Waals surface area contributed by atoms with Gasteiger partial charge in [-0.25, -0.2) is 4.98 Å². The van der Waals surface area contributed by atoms with Crippen molar-refractivity contribution in [2.75, 3.05) is 5.32 Å². The van der Waals surface area contributed by atoms with E-state index in [0.717, 1.165) is 33.9 Å². The molecule has 6 nitrogen and oxygen atoms in total. The molecule has 0 aliphatic carbocycles. The van der Waals surface area contributed by atoms with Crippen LogP contribution < -0.4 is 10.6 Å². The van der Waals surface area contributed by atoms with Crippen molar-refractivity contribution in [1.82, 2.24) is 15.3 Å². The number of hydrogen-bond donors (Lipinski definition) is 2. The number of anilines is 1. The van der Waals surface area contributed by atoms with E-state index in [4.69, 9.17) is 0 Å². The average molecular weight is 378 g/mol. The Balaban J connectivity index is 1.47. The summed E-state index contributed by atoms with van der Waals surface area (Å²) in [6.45, 7) is 1.94. The molecule has 2 N–H and O–H groups in total. The number of nitrogens with zero attached hydrogens (tertiary/aromatic N) is 2. The molecule has 1 aliphatic rings. The SMILES string of the molecule is C[C@@H](NC(=O)c1csc(-c2ccccn2)n1)c1ccc2c(c1)CCC(=O)N2. The molecule has 1 aromatic carbocycles. The van der Waals surface area contributed by atoms with Crippen molar-refractivity contribution in [3.05, 3.63) is 64.8 Å². The van der Waals surface area contributed by atoms with E-state index in [-0.39, 0.29) is 17.9 Å². The Morgan fingerprint density at radius 3 is 2.96 bits per heavy atom. The van der Waals surface area contributed by atoms with E-state index in [1.54, 1.807) is 11.6 Å². The molecule has 0 saturated carbocycles. The minimum atomic E-state index is -0.216. The molecule has 7 heteroatoms. The number of thiazole rings is 1. The van der Waals surface area contributed by atoms with Crippen LogP contribution >= 0.6 is 11.3 Å². The van der Waals surface area contributed by atoms with Crippen molar-refractivity contribution < 1.29 is 9.59 Å². The molecule has 27 heavy (non-hydrogen) atoms. The molecule has 0 saturated heterocycles. The summed E-state index contributed by atoms with van der Waals surface area (Å²) in [7, 11) is 0. The van der Waals surface area contributed by atoms with Gasteiger partial charge in [-0.3, -0.25) is 14.6 Å². The van der Waals surface area contributed by atoms with Crippen molar-refractivity contribution in [1.29, 1.82) is 0 Å². The van der Waals surface area contributed by atoms with Gasteiger partial charge in [0.15, 0.2) is 0 Å². The summed E-state index contributed by atoms with van der Waals surface area (Å²) in [5, 5.41) is 8.33. The monoisotopic (exact) mass is 378 g/mol. The first-order valence-electron chi connectivity index (χ1n) is 8.70. The maximum absolute atomic E-state index is 12.6. The Bertz CT molecular complexity index is 1000. The second-order valence-corrected chi connectivity index (χ2v) is 7.27. The highest BCUT2D eigenvalue weighted by molar-refractivity contribution is 7.13. The third kappa shape index (κ3) is 3.73. The van der Waals surface area contributed by atoms with Crippen molar-refractivity contribution in [3.8, 4) is 10.7 Å². The van der Waals surface area contributed by atoms with Gasteiger partial charge in [0, 0.05) is 23.7 Å². The lowest BCUT2D eigenvalue weighted by Crippen LogP contribution is -2.27. The van der Waals surface area contributed by atoms with Gasteiger partial charge in [0.2, 0.25) is 5.91 Å². The quantitative estimate of drug-likeness (QED) is 0.727. The van der Waals surface area contributed by atoms with Crippen LogP contribution in [-0.4, -0.2) is 21.8 Å². The zero-order valence-electron chi connectivity index (χ0n) is 14.7. The Kier molecular flexibility index (Phi) is 4.68. The fraction of sp³-hybridized carbons (Fsp3) is 0.200. The molecule has 3 heterocycles. The van der Waals surface area contributed by atoms with Gasteiger partial charge in [-0.15, -0.1) is 11.3 Å². The number of benzene rings is 1. The largest absolute Gasteiger partial charge is 0.344 e. The second kappa shape index (κ2) is 7.28. The van der Waals surface area contributed by atoms with Gasteiger partial charge < -0.3 is 10.6 Å². The molecule has 0 unspecified atom stereocenters. The molecule has 4 rings (SSSR count). The van der Waals surface area contributed by atoms with Crippen molar-refractivity contribution >= 4 is 28.8 Å². The van der Waals surface area contributed by atoms with Gasteiger partial charge in [-0.05, 0) is 42.7 Å². The molecular formula is C20H18N4O2S. The van der Waals surface area contributed by atoms with E-state index in [1.165, 1.54) is 11.3 Å². The Morgan fingerprint density at radius 1 is 1.26 bits per heavy atom. The van der Waals surface area contributed by atoms with E-state index in [0.29, 0.717) is 12.1 Å². The molecule has 0 fully saturated rings. The van der Waals surface area contributed by atoms with Crippen LogP contribution in [0.5, 0.6) is 0 Å². The molecule has 1 atom stereocenters. The third-order valence-corrected chi connectivity index (χ3v) is 5.36. The number of amides is 2. The minimum absolute atomic E-state index is 0.0452. The van der Waals surface area contributed by atoms with E-state index in [2.05, 4.69) is 20.6 Å². The topological polar surface area (TPSA) is 84.0 Å². The molecule has 1 aliphatic heterocycles. The first-order chi connectivity index (χ1) is 13.1. The maximum Gasteiger partial charge on any atom is 0.271 e. The van der Waals surface area contributed by atoms with Crippen LogP contribution in [0.1, 0.15) is 41.0 Å². The van der Waals surface area contributed by atoms with Gasteiger partial charge in [0.25, 0.3) is 5.91 Å². The number of nitrogens with one attached hydrogen (secondary N) is 2. The third-order valence-electron chi connectivity index (χ3n) is 4.49. The smallest absolute Gasteiger partial charge is 0.271 e. The molecule has 0 bridgehead atoms. The van der Waals surface area contributed by atoms with Crippen LogP contribution in [0, 0.1) is 0 Å². The molecule has 0 spiro atoms. The van der Waals surface area contributed by atoms with Gasteiger partial charge in [0.1, 0.15) is 10.7 Å². The standard InChI is InChI=1S/C20H18N4O2S/c1-12(13-5-7-15-14(10-13)6-8-18(25)23-15)22-19(26)17-11-27-20(24-17)16-4-2-3-9-21-16/h2-5,7,9-12H,6,8H2,1H3,(H,22,26)(H,23,25)/t12-/m1/s1. The van der Waals surface area contributed by atoms with Crippen molar-refractivity contribution in [2.45, 2.75) is 25.8 Å². The van der Waals surface area contributed by atoms with Gasteiger partial charge in [-0.2, -0.15) is 0 Å². The second-order valence-electron chi connectivity index (χ2n) is 6.41. The van der Waals surface area contributed by atoms with E-state index in [1.807, 2.05) is 43.3 Å². The maximum atomic E-state index is 12.6. The van der Waals surface area contributed by atoms with Crippen LogP contribution in [-0.2, 0) is 11.2 Å². The van der Waals surface area contributed by atoms with Crippen LogP contribution in [0.3, 0.4) is 0 Å². The zero-order valence-corrected chi connectivity index (χ0v) is 15.5. The summed E-state index contributed by atoms with van der Waals surface area (Å²) in [5.74, 6) is -0.171. The summed E-state index contributed by atoms with van der Waals surface area (Å²) >= 11 is 1.40. The number of fused-ring (bicyclic) bond motifs is 1. The summed E-state index contributed by atoms with van der Waals surface area (Å²) in [6.07, 6.45) is 2.92. The van der Waals surface area contributed by atoms with E-state index < -0.39 is 0 Å². The van der Waals surface area contributed by atoms with Crippen LogP contribution in [0.25, 0.3) is 10.7 Å². The molecular weight excluding hydrogens is 360 g/mol. The minimum Gasteiger partial charge on any atom is -0.344 e. The van der Waals surface area contributed by atoms with Crippen molar-refractivity contribution in [3.63, 3.8) is 0 Å². The van der Waals surface area contributed by atoms with Gasteiger partial charge >= 0.3 is 0 Å². The Morgan fingerprint density at radius 2 is 2.15 bits per heavy atom. The summed E-state index contributed by atoms with van der Waals surface area (Å²) < 4.78 is 0. The Hall–Kier alpha value is -3.06. The Labute approximate surface area is 160 Å². The zero-order chi connectivity index (χ0) is 18.8. The fourth-order valence-corrected chi connectivity index (χ4v) is 3.79. The fourth-order valence-electron chi connectivity index (χ4n) is 3.01. The molecule has 136 valence electrons. The van der Waals surface area contributed by atoms with Crippen LogP contribution in [0.2, 0.25) is 0 Å². The average Bonchev–Trinajstić information content (AvgIpc) is 3.18. The molecule has 0 radical (unpaired) electrons. The highest BCUT2D eigenvalue weighted by atomic mass is 32.1. The summed E-state index contributed by atoms with van der Waals surface area (Å²) in [5.41, 5.74) is 4.09. The lowest BCUT2D eigenvalue weighted by atomic mass is 9.98. The predicted molar refractivity (Wildman–Crippen MR) is 105 cm³/mol. The van der Waals surface area contributed by atoms with Crippen LogP contribution in [0.4, 0.5) is 5.69 Å². The molecule has 2 amide bonds. The van der Waals surface area contributed by atoms with Gasteiger partial charge in [-0.1, -0.05) is 18.2 Å². The highest BCUT2D eigenvalue weighted by Gasteiger charge is 2.19. The highest BCUT2D eigenvalue weighted by Crippen LogP contribution is 2.26. The van der Waals surface area contributed by atoms with Crippen molar-refractivity contribution in [2.24, 2.45) is 0 Å². The number of aryl methyl sites for hydroxylation is 1. The van der Waals surface area contributed by atoms with Gasteiger partial charge in [0.05, 0.1) is 11.7 Å². The number of aromatic nitrogens is 2. The first kappa shape index (κ1) is 17.4. The lowest BCUT2D eigenvalue weighted by molar-refractivity contribution is -0.116. The number of pyridine rings is 1. The number of carbonyl (C=O) groups excluding carboxylic acids is 2. The predicted octanol–water partition coefficient (Wildman–Crippen LogP) is 3.58. The van der Waals surface area contributed by atoms with Crippen LogP contribution in [0.15, 0.2) is 48.0 Å². The normalized spacial score (nSPS) is 14.2.